The van der Waals surface area contributed by atoms with Crippen molar-refractivity contribution in [3.05, 3.63) is 70.5 Å². The van der Waals surface area contributed by atoms with E-state index < -0.39 is 15.6 Å². The summed E-state index contributed by atoms with van der Waals surface area (Å²) in [6.07, 6.45) is 0. The van der Waals surface area contributed by atoms with Crippen LogP contribution in [-0.4, -0.2) is 15.6 Å². The molecule has 2 aromatic carbocycles. The van der Waals surface area contributed by atoms with Crippen LogP contribution < -0.4 is 7.16 Å². The second kappa shape index (κ2) is 6.19. The van der Waals surface area contributed by atoms with E-state index in [4.69, 9.17) is 10.5 Å². The number of allylic oxidation sites excluding steroid dienone is 1. The molecule has 0 saturated carbocycles. The molecule has 3 rings (SSSR count). The molecule has 0 N–H and O–H groups in total. The molecular weight excluding hydrogens is 403 g/mol. The normalized spacial score (nSPS) is 15.4. The van der Waals surface area contributed by atoms with Gasteiger partial charge in [-0.05, 0) is 0 Å². The van der Waals surface area contributed by atoms with Gasteiger partial charge in [0, 0.05) is 0 Å². The zero-order chi connectivity index (χ0) is 14.7. The van der Waals surface area contributed by atoms with Crippen LogP contribution in [-0.2, 0) is 0 Å². The van der Waals surface area contributed by atoms with Crippen molar-refractivity contribution in [3.63, 3.8) is 0 Å². The molecule has 100 valence electrons. The van der Waals surface area contributed by atoms with Gasteiger partial charge < -0.3 is 0 Å². The van der Waals surface area contributed by atoms with Gasteiger partial charge in [-0.1, -0.05) is 0 Å². The summed E-state index contributed by atoms with van der Waals surface area (Å²) in [6.45, 7) is 0. The summed E-state index contributed by atoms with van der Waals surface area (Å²) in [5, 5.41) is 18.1. The van der Waals surface area contributed by atoms with Gasteiger partial charge in [0.05, 0.1) is 0 Å². The standard InChI is InChI=1S/2C6H5.C4H2N2S2.Sn/c2*1-2-4-6-5-3-1;5-1-3(2-6)4(7)8;/h2*1-5H;7-8H;/q;;;+2/p-2. The molecule has 1 aliphatic heterocycles. The summed E-state index contributed by atoms with van der Waals surface area (Å²) in [4.78, 5) is 0. The first-order chi connectivity index (χ1) is 10.3. The Hall–Kier alpha value is -1.34. The molecule has 0 aromatic heterocycles. The van der Waals surface area contributed by atoms with Crippen LogP contribution in [0.25, 0.3) is 0 Å². The molecule has 1 fully saturated rings. The molecule has 5 heteroatoms. The van der Waals surface area contributed by atoms with E-state index in [0.717, 1.165) is 4.24 Å². The Balaban J connectivity index is 2.08. The minimum absolute atomic E-state index is 0.254. The van der Waals surface area contributed by atoms with E-state index in [1.807, 2.05) is 24.3 Å². The van der Waals surface area contributed by atoms with Crippen LogP contribution in [0.2, 0.25) is 0 Å². The van der Waals surface area contributed by atoms with Crippen molar-refractivity contribution in [1.29, 1.82) is 10.5 Å². The van der Waals surface area contributed by atoms with Crippen molar-refractivity contribution in [2.24, 2.45) is 0 Å². The van der Waals surface area contributed by atoms with E-state index >= 15 is 0 Å². The van der Waals surface area contributed by atoms with Crippen LogP contribution in [0.15, 0.2) is 70.5 Å². The quantitative estimate of drug-likeness (QED) is 0.561. The third-order valence-corrected chi connectivity index (χ3v) is 31.9. The Morgan fingerprint density at radius 1 is 0.762 bits per heavy atom. The van der Waals surface area contributed by atoms with Crippen LogP contribution in [0.3, 0.4) is 0 Å². The van der Waals surface area contributed by atoms with Gasteiger partial charge in [-0.3, -0.25) is 0 Å². The molecule has 1 aliphatic rings. The number of hydrogen-bond acceptors (Lipinski definition) is 4. The monoisotopic (exact) mass is 414 g/mol. The predicted octanol–water partition coefficient (Wildman–Crippen LogP) is 2.98. The molecule has 2 aromatic rings. The Kier molecular flexibility index (Phi) is 4.30. The Morgan fingerprint density at radius 3 is 1.57 bits per heavy atom. The Morgan fingerprint density at radius 2 is 1.19 bits per heavy atom. The summed E-state index contributed by atoms with van der Waals surface area (Å²) in [7, 11) is 3.58. The third-order valence-electron chi connectivity index (χ3n) is 3.21. The van der Waals surface area contributed by atoms with E-state index in [1.54, 1.807) is 17.9 Å². The molecule has 1 saturated heterocycles. The number of benzene rings is 2. The summed E-state index contributed by atoms with van der Waals surface area (Å²) < 4.78 is 3.66. The molecule has 0 bridgehead atoms. The van der Waals surface area contributed by atoms with Gasteiger partial charge in [0.15, 0.2) is 0 Å². The maximum atomic E-state index is 9.04. The third kappa shape index (κ3) is 2.60. The van der Waals surface area contributed by atoms with Gasteiger partial charge in [0.1, 0.15) is 0 Å². The summed E-state index contributed by atoms with van der Waals surface area (Å²) >= 11 is -2.86. The van der Waals surface area contributed by atoms with Crippen LogP contribution >= 0.6 is 17.9 Å². The Bertz CT molecular complexity index is 708. The van der Waals surface area contributed by atoms with Gasteiger partial charge >= 0.3 is 134 Å². The van der Waals surface area contributed by atoms with Crippen LogP contribution in [0.4, 0.5) is 0 Å². The first-order valence-electron chi connectivity index (χ1n) is 6.34. The van der Waals surface area contributed by atoms with Gasteiger partial charge in [0.2, 0.25) is 0 Å². The fourth-order valence-electron chi connectivity index (χ4n) is 2.20. The molecule has 0 amide bonds. The Labute approximate surface area is 133 Å². The average molecular weight is 413 g/mol. The van der Waals surface area contributed by atoms with Crippen LogP contribution in [0.5, 0.6) is 0 Å². The second-order valence-corrected chi connectivity index (χ2v) is 26.2. The fourth-order valence-corrected chi connectivity index (χ4v) is 28.9. The molecule has 2 nitrogen and oxygen atoms in total. The van der Waals surface area contributed by atoms with Gasteiger partial charge in [0.25, 0.3) is 0 Å². The van der Waals surface area contributed by atoms with Crippen LogP contribution in [0.1, 0.15) is 0 Å². The van der Waals surface area contributed by atoms with Crippen molar-refractivity contribution in [3.8, 4) is 12.1 Å². The molecule has 0 atom stereocenters. The van der Waals surface area contributed by atoms with Crippen LogP contribution in [0, 0.1) is 22.7 Å². The van der Waals surface area contributed by atoms with E-state index in [1.165, 1.54) is 7.16 Å². The fraction of sp³-hybridized carbons (Fsp3) is 0. The van der Waals surface area contributed by atoms with Crippen molar-refractivity contribution >= 4 is 40.7 Å². The first-order valence-corrected chi connectivity index (χ1v) is 17.8. The SMILES string of the molecule is N#CC(C#N)=C1[S][Sn]([c]2ccccc2)([c]2ccccc2)[S]1. The number of hydrogen-bond donors (Lipinski definition) is 0. The number of nitriles is 2. The van der Waals surface area contributed by atoms with E-state index in [2.05, 4.69) is 48.5 Å². The predicted molar refractivity (Wildman–Crippen MR) is 91.3 cm³/mol. The van der Waals surface area contributed by atoms with Gasteiger partial charge in [-0.25, -0.2) is 0 Å². The summed E-state index contributed by atoms with van der Waals surface area (Å²) in [5.41, 5.74) is 0.254. The summed E-state index contributed by atoms with van der Waals surface area (Å²) in [5.74, 6) is 0. The van der Waals surface area contributed by atoms with Gasteiger partial charge in [-0.15, -0.1) is 0 Å². The molecule has 0 spiro atoms. The first kappa shape index (κ1) is 14.6. The van der Waals surface area contributed by atoms with Crippen molar-refractivity contribution in [2.45, 2.75) is 0 Å². The average Bonchev–Trinajstić information content (AvgIpc) is 2.52. The molecular formula is C16H10N2S2Sn. The zero-order valence-corrected chi connectivity index (χ0v) is 15.5. The number of rotatable bonds is 2. The molecule has 21 heavy (non-hydrogen) atoms. The second-order valence-electron chi connectivity index (χ2n) is 4.44. The molecule has 0 unspecified atom stereocenters. The van der Waals surface area contributed by atoms with Crippen molar-refractivity contribution in [1.82, 2.24) is 0 Å². The topological polar surface area (TPSA) is 47.6 Å². The molecule has 0 aliphatic carbocycles. The van der Waals surface area contributed by atoms with E-state index in [9.17, 15) is 0 Å². The number of nitrogens with zero attached hydrogens (tertiary/aromatic N) is 2. The maximum absolute atomic E-state index is 9.04. The van der Waals surface area contributed by atoms with E-state index in [-0.39, 0.29) is 5.57 Å². The zero-order valence-electron chi connectivity index (χ0n) is 11.0. The molecule has 1 heterocycles. The van der Waals surface area contributed by atoms with Gasteiger partial charge in [-0.2, -0.15) is 0 Å². The molecule has 0 radical (unpaired) electrons. The van der Waals surface area contributed by atoms with Crippen molar-refractivity contribution < 1.29 is 0 Å². The minimum atomic E-state index is -2.86. The van der Waals surface area contributed by atoms with E-state index in [0.29, 0.717) is 0 Å². The van der Waals surface area contributed by atoms with Crippen molar-refractivity contribution in [2.75, 3.05) is 0 Å². The summed E-state index contributed by atoms with van der Waals surface area (Å²) in [6, 6.07) is 25.0.